The van der Waals surface area contributed by atoms with Crippen LogP contribution >= 0.6 is 0 Å². The largest absolute Gasteiger partial charge is 0.313 e. The molecule has 0 spiro atoms. The van der Waals surface area contributed by atoms with E-state index in [9.17, 15) is 8.42 Å². The third-order valence-corrected chi connectivity index (χ3v) is 4.16. The minimum Gasteiger partial charge on any atom is -0.313 e. The van der Waals surface area contributed by atoms with E-state index in [2.05, 4.69) is 5.32 Å². The van der Waals surface area contributed by atoms with Crippen LogP contribution in [0.3, 0.4) is 0 Å². The highest BCUT2D eigenvalue weighted by Crippen LogP contribution is 2.24. The molecule has 1 aliphatic rings. The molecule has 1 aliphatic heterocycles. The first-order valence-electron chi connectivity index (χ1n) is 4.34. The number of nitrogens with one attached hydrogen (secondary N) is 1. The number of hydrogen-bond acceptors (Lipinski definition) is 5. The molecule has 0 atom stereocenters. The molecule has 80 valence electrons. The summed E-state index contributed by atoms with van der Waals surface area (Å²) in [6, 6.07) is 1.96. The Morgan fingerprint density at radius 2 is 2.21 bits per heavy atom. The van der Waals surface area contributed by atoms with E-state index < -0.39 is 15.6 Å². The lowest BCUT2D eigenvalue weighted by atomic mass is 9.90. The molecule has 0 radical (unpaired) electrons. The van der Waals surface area contributed by atoms with Crippen molar-refractivity contribution in [2.75, 3.05) is 18.8 Å². The topological polar surface area (TPSA) is 99.2 Å². The Balaban J connectivity index is 2.87. The van der Waals surface area contributed by atoms with Crippen LogP contribution in [0.25, 0.3) is 0 Å². The Labute approximate surface area is 83.7 Å². The van der Waals surface area contributed by atoms with Crippen LogP contribution in [0.5, 0.6) is 0 Å². The average Bonchev–Trinajstić information content (AvgIpc) is 2.10. The quantitative estimate of drug-likeness (QED) is 0.454. The monoisotopic (exact) mass is 218 g/mol. The molecule has 6 nitrogen and oxygen atoms in total. The lowest BCUT2D eigenvalue weighted by Gasteiger charge is -2.45. The van der Waals surface area contributed by atoms with Crippen molar-refractivity contribution in [1.29, 1.82) is 5.26 Å². The maximum atomic E-state index is 11.5. The van der Waals surface area contributed by atoms with Gasteiger partial charge in [0.2, 0.25) is 10.0 Å². The summed E-state index contributed by atoms with van der Waals surface area (Å²) in [5.41, 5.74) is -0.733. The van der Waals surface area contributed by atoms with E-state index >= 15 is 0 Å². The van der Waals surface area contributed by atoms with Crippen LogP contribution in [0.15, 0.2) is 0 Å². The van der Waals surface area contributed by atoms with Crippen LogP contribution in [0, 0.1) is 11.3 Å². The SMILES string of the molecule is CCS(=O)(=O)N(N)C1(CC#N)CNC1. The van der Waals surface area contributed by atoms with Crippen LogP contribution < -0.4 is 11.2 Å². The van der Waals surface area contributed by atoms with Crippen LogP contribution in [-0.2, 0) is 10.0 Å². The average molecular weight is 218 g/mol. The zero-order valence-electron chi connectivity index (χ0n) is 8.02. The van der Waals surface area contributed by atoms with Gasteiger partial charge in [0.15, 0.2) is 0 Å². The van der Waals surface area contributed by atoms with Gasteiger partial charge in [0, 0.05) is 13.1 Å². The highest BCUT2D eigenvalue weighted by atomic mass is 32.2. The summed E-state index contributed by atoms with van der Waals surface area (Å²) in [6.07, 6.45) is 0.121. The van der Waals surface area contributed by atoms with Crippen molar-refractivity contribution in [3.05, 3.63) is 0 Å². The molecule has 7 heteroatoms. The third-order valence-electron chi connectivity index (χ3n) is 2.45. The maximum absolute atomic E-state index is 11.5. The lowest BCUT2D eigenvalue weighted by molar-refractivity contribution is 0.118. The lowest BCUT2D eigenvalue weighted by Crippen LogP contribution is -2.72. The van der Waals surface area contributed by atoms with Gasteiger partial charge >= 0.3 is 0 Å². The Bertz CT molecular complexity index is 341. The van der Waals surface area contributed by atoms with Gasteiger partial charge in [-0.15, -0.1) is 4.41 Å². The Morgan fingerprint density at radius 3 is 2.50 bits per heavy atom. The van der Waals surface area contributed by atoms with E-state index in [0.717, 1.165) is 4.41 Å². The van der Waals surface area contributed by atoms with Crippen molar-refractivity contribution in [1.82, 2.24) is 9.73 Å². The predicted octanol–water partition coefficient (Wildman–Crippen LogP) is -1.23. The fraction of sp³-hybridized carbons (Fsp3) is 0.857. The summed E-state index contributed by atoms with van der Waals surface area (Å²) < 4.78 is 23.8. The van der Waals surface area contributed by atoms with E-state index in [0.29, 0.717) is 13.1 Å². The highest BCUT2D eigenvalue weighted by Gasteiger charge is 2.46. The van der Waals surface area contributed by atoms with Gasteiger partial charge in [-0.3, -0.25) is 5.84 Å². The highest BCUT2D eigenvalue weighted by molar-refractivity contribution is 7.89. The van der Waals surface area contributed by atoms with Crippen molar-refractivity contribution >= 4 is 10.0 Å². The summed E-state index contributed by atoms with van der Waals surface area (Å²) >= 11 is 0. The smallest absolute Gasteiger partial charge is 0.226 e. The van der Waals surface area contributed by atoms with Gasteiger partial charge in [-0.05, 0) is 6.92 Å². The van der Waals surface area contributed by atoms with Crippen LogP contribution in [0.2, 0.25) is 0 Å². The third kappa shape index (κ3) is 1.74. The van der Waals surface area contributed by atoms with E-state index in [1.165, 1.54) is 6.92 Å². The molecule has 0 aromatic rings. The van der Waals surface area contributed by atoms with Crippen LogP contribution in [0.4, 0.5) is 0 Å². The van der Waals surface area contributed by atoms with E-state index in [1.807, 2.05) is 6.07 Å². The maximum Gasteiger partial charge on any atom is 0.226 e. The predicted molar refractivity (Wildman–Crippen MR) is 51.3 cm³/mol. The number of nitrogens with zero attached hydrogens (tertiary/aromatic N) is 2. The standard InChI is InChI=1S/C7H14N4O2S/c1-2-14(12,13)11(9)7(3-4-8)5-10-6-7/h10H,2-3,5-6,9H2,1H3. The number of nitrogens with two attached hydrogens (primary N) is 1. The molecule has 0 aromatic carbocycles. The molecule has 14 heavy (non-hydrogen) atoms. The molecule has 0 unspecified atom stereocenters. The molecule has 0 saturated carbocycles. The van der Waals surface area contributed by atoms with E-state index in [1.54, 1.807) is 0 Å². The van der Waals surface area contributed by atoms with Gasteiger partial charge in [0.1, 0.15) is 0 Å². The molecule has 0 aliphatic carbocycles. The first kappa shape index (κ1) is 11.4. The number of nitriles is 1. The normalized spacial score (nSPS) is 20.1. The molecule has 1 saturated heterocycles. The van der Waals surface area contributed by atoms with E-state index in [4.69, 9.17) is 11.1 Å². The fourth-order valence-corrected chi connectivity index (χ4v) is 2.42. The second kappa shape index (κ2) is 3.82. The summed E-state index contributed by atoms with van der Waals surface area (Å²) in [5.74, 6) is 5.50. The summed E-state index contributed by atoms with van der Waals surface area (Å²) in [6.45, 7) is 2.41. The van der Waals surface area contributed by atoms with Crippen molar-refractivity contribution in [2.45, 2.75) is 18.9 Å². The van der Waals surface area contributed by atoms with Crippen molar-refractivity contribution < 1.29 is 8.42 Å². The minimum absolute atomic E-state index is 0.0450. The van der Waals surface area contributed by atoms with Gasteiger partial charge in [-0.2, -0.15) is 5.26 Å². The Morgan fingerprint density at radius 1 is 1.64 bits per heavy atom. The molecular weight excluding hydrogens is 204 g/mol. The minimum atomic E-state index is -3.42. The molecule has 1 rings (SSSR count). The van der Waals surface area contributed by atoms with Gasteiger partial charge in [0.25, 0.3) is 0 Å². The molecular formula is C7H14N4O2S. The van der Waals surface area contributed by atoms with Crippen molar-refractivity contribution in [3.63, 3.8) is 0 Å². The van der Waals surface area contributed by atoms with Gasteiger partial charge in [0.05, 0.1) is 23.8 Å². The molecule has 0 amide bonds. The summed E-state index contributed by atoms with van der Waals surface area (Å²) in [7, 11) is -3.42. The number of sulfonamides is 1. The zero-order valence-corrected chi connectivity index (χ0v) is 8.84. The van der Waals surface area contributed by atoms with Crippen molar-refractivity contribution in [2.24, 2.45) is 5.84 Å². The fourth-order valence-electron chi connectivity index (χ4n) is 1.35. The van der Waals surface area contributed by atoms with Gasteiger partial charge in [-0.25, -0.2) is 8.42 Å². The molecule has 0 bridgehead atoms. The number of hydrazine groups is 1. The Kier molecular flexibility index (Phi) is 3.11. The van der Waals surface area contributed by atoms with E-state index in [-0.39, 0.29) is 12.2 Å². The molecule has 0 aromatic heterocycles. The summed E-state index contributed by atoms with van der Waals surface area (Å²) in [4.78, 5) is 0. The van der Waals surface area contributed by atoms with Crippen molar-refractivity contribution in [3.8, 4) is 6.07 Å². The summed E-state index contributed by atoms with van der Waals surface area (Å²) in [5, 5.41) is 11.5. The van der Waals surface area contributed by atoms with Crippen LogP contribution in [-0.4, -0.2) is 37.2 Å². The Hall–Kier alpha value is -0.680. The first-order chi connectivity index (χ1) is 6.48. The van der Waals surface area contributed by atoms with Gasteiger partial charge in [-0.1, -0.05) is 0 Å². The second-order valence-electron chi connectivity index (χ2n) is 3.36. The zero-order chi connectivity index (χ0) is 10.8. The second-order valence-corrected chi connectivity index (χ2v) is 5.49. The number of rotatable bonds is 4. The molecule has 3 N–H and O–H groups in total. The van der Waals surface area contributed by atoms with Crippen LogP contribution in [0.1, 0.15) is 13.3 Å². The first-order valence-corrected chi connectivity index (χ1v) is 5.95. The molecule has 1 heterocycles. The van der Waals surface area contributed by atoms with Gasteiger partial charge < -0.3 is 5.32 Å². The molecule has 1 fully saturated rings. The number of hydrogen-bond donors (Lipinski definition) is 2.